The second-order valence-electron chi connectivity index (χ2n) is 4.75. The van der Waals surface area contributed by atoms with E-state index in [0.29, 0.717) is 22.8 Å². The molecule has 0 saturated heterocycles. The van der Waals surface area contributed by atoms with E-state index in [1.54, 1.807) is 37.3 Å². The number of nitrogens with one attached hydrogen (secondary N) is 1. The molecule has 0 radical (unpaired) electrons. The summed E-state index contributed by atoms with van der Waals surface area (Å²) in [6.45, 7) is 1.72. The quantitative estimate of drug-likeness (QED) is 0.681. The maximum atomic E-state index is 12.9. The molecule has 0 aliphatic carbocycles. The lowest BCUT2D eigenvalue weighted by molar-refractivity contribution is 0.0954. The monoisotopic (exact) mass is 316 g/mol. The summed E-state index contributed by atoms with van der Waals surface area (Å²) >= 11 is 0. The van der Waals surface area contributed by atoms with Crippen molar-refractivity contribution in [2.45, 2.75) is 6.92 Å². The number of ether oxygens (including phenoxy) is 2. The average Bonchev–Trinajstić information content (AvgIpc) is 2.59. The van der Waals surface area contributed by atoms with Crippen molar-refractivity contribution >= 4 is 11.6 Å². The topological polar surface area (TPSA) is 59.9 Å². The minimum Gasteiger partial charge on any atom is -0.497 e. The first-order valence-corrected chi connectivity index (χ1v) is 6.87. The van der Waals surface area contributed by atoms with Crippen LogP contribution in [-0.2, 0) is 0 Å². The number of hydrogen-bond acceptors (Lipinski definition) is 4. The first kappa shape index (κ1) is 16.5. The van der Waals surface area contributed by atoms with Crippen LogP contribution in [0.2, 0.25) is 0 Å². The molecular formula is C17H17FN2O3. The minimum atomic E-state index is -0.399. The van der Waals surface area contributed by atoms with Crippen LogP contribution >= 0.6 is 0 Å². The number of hydrazone groups is 1. The molecule has 1 N–H and O–H groups in total. The fraction of sp³-hybridized carbons (Fsp3) is 0.176. The van der Waals surface area contributed by atoms with E-state index in [1.807, 2.05) is 0 Å². The van der Waals surface area contributed by atoms with Crippen molar-refractivity contribution in [3.63, 3.8) is 0 Å². The average molecular weight is 316 g/mol. The van der Waals surface area contributed by atoms with E-state index in [2.05, 4.69) is 10.5 Å². The van der Waals surface area contributed by atoms with Gasteiger partial charge in [0.25, 0.3) is 5.91 Å². The van der Waals surface area contributed by atoms with Crippen LogP contribution in [0, 0.1) is 5.82 Å². The number of methoxy groups -OCH3 is 2. The number of benzene rings is 2. The number of carbonyl (C=O) groups excluding carboxylic acids is 1. The molecule has 0 aliphatic heterocycles. The lowest BCUT2D eigenvalue weighted by Gasteiger charge is -2.08. The smallest absolute Gasteiger partial charge is 0.271 e. The van der Waals surface area contributed by atoms with Gasteiger partial charge in [-0.2, -0.15) is 5.10 Å². The fourth-order valence-electron chi connectivity index (χ4n) is 1.89. The highest BCUT2D eigenvalue weighted by molar-refractivity contribution is 6.01. The normalized spacial score (nSPS) is 11.0. The summed E-state index contributed by atoms with van der Waals surface area (Å²) in [5.74, 6) is 0.292. The van der Waals surface area contributed by atoms with E-state index in [1.165, 1.54) is 26.4 Å². The zero-order valence-electron chi connectivity index (χ0n) is 13.1. The Morgan fingerprint density at radius 3 is 2.09 bits per heavy atom. The molecule has 5 nitrogen and oxygen atoms in total. The van der Waals surface area contributed by atoms with Gasteiger partial charge < -0.3 is 9.47 Å². The Morgan fingerprint density at radius 1 is 1.00 bits per heavy atom. The molecule has 2 aromatic carbocycles. The maximum Gasteiger partial charge on any atom is 0.271 e. The summed E-state index contributed by atoms with van der Waals surface area (Å²) in [4.78, 5) is 12.2. The standard InChI is InChI=1S/C17H17FN2O3/c1-11(12-4-6-14(18)7-5-12)19-20-17(21)13-8-15(22-2)10-16(9-13)23-3/h4-10H,1-3H3,(H,20,21)/b19-11+. The Kier molecular flexibility index (Phi) is 5.30. The molecular weight excluding hydrogens is 299 g/mol. The van der Waals surface area contributed by atoms with Gasteiger partial charge in [0.05, 0.1) is 19.9 Å². The lowest BCUT2D eigenvalue weighted by atomic mass is 10.1. The first-order chi connectivity index (χ1) is 11.0. The highest BCUT2D eigenvalue weighted by Gasteiger charge is 2.09. The Balaban J connectivity index is 2.15. The predicted octanol–water partition coefficient (Wildman–Crippen LogP) is 3.00. The van der Waals surface area contributed by atoms with Crippen LogP contribution in [0.3, 0.4) is 0 Å². The number of halogens is 1. The molecule has 0 spiro atoms. The summed E-state index contributed by atoms with van der Waals surface area (Å²) < 4.78 is 23.1. The lowest BCUT2D eigenvalue weighted by Crippen LogP contribution is -2.19. The largest absolute Gasteiger partial charge is 0.497 e. The van der Waals surface area contributed by atoms with Crippen molar-refractivity contribution in [1.29, 1.82) is 0 Å². The molecule has 0 aliphatic rings. The highest BCUT2D eigenvalue weighted by atomic mass is 19.1. The number of nitrogens with zero attached hydrogens (tertiary/aromatic N) is 1. The van der Waals surface area contributed by atoms with Crippen molar-refractivity contribution in [2.24, 2.45) is 5.10 Å². The molecule has 120 valence electrons. The third-order valence-corrected chi connectivity index (χ3v) is 3.20. The maximum absolute atomic E-state index is 12.9. The second-order valence-corrected chi connectivity index (χ2v) is 4.75. The van der Waals surface area contributed by atoms with Crippen molar-refractivity contribution in [3.8, 4) is 11.5 Å². The van der Waals surface area contributed by atoms with Gasteiger partial charge in [0, 0.05) is 11.6 Å². The van der Waals surface area contributed by atoms with Crippen molar-refractivity contribution in [2.75, 3.05) is 14.2 Å². The zero-order chi connectivity index (χ0) is 16.8. The summed E-state index contributed by atoms with van der Waals surface area (Å²) in [7, 11) is 3.01. The molecule has 0 saturated carbocycles. The molecule has 0 fully saturated rings. The molecule has 2 rings (SSSR count). The van der Waals surface area contributed by atoms with Crippen LogP contribution in [-0.4, -0.2) is 25.8 Å². The predicted molar refractivity (Wildman–Crippen MR) is 85.6 cm³/mol. The SMILES string of the molecule is COc1cc(OC)cc(C(=O)N/N=C(\C)c2ccc(F)cc2)c1. The van der Waals surface area contributed by atoms with Crippen LogP contribution in [0.5, 0.6) is 11.5 Å². The number of rotatable bonds is 5. The molecule has 23 heavy (non-hydrogen) atoms. The van der Waals surface area contributed by atoms with Gasteiger partial charge in [0.15, 0.2) is 0 Å². The van der Waals surface area contributed by atoms with E-state index < -0.39 is 5.91 Å². The Bertz CT molecular complexity index is 705. The highest BCUT2D eigenvalue weighted by Crippen LogP contribution is 2.22. The third kappa shape index (κ3) is 4.29. The van der Waals surface area contributed by atoms with Gasteiger partial charge >= 0.3 is 0 Å². The Labute approximate surface area is 133 Å². The molecule has 0 unspecified atom stereocenters. The van der Waals surface area contributed by atoms with Crippen molar-refractivity contribution < 1.29 is 18.7 Å². The third-order valence-electron chi connectivity index (χ3n) is 3.20. The van der Waals surface area contributed by atoms with Gasteiger partial charge in [0.2, 0.25) is 0 Å². The minimum absolute atomic E-state index is 0.325. The van der Waals surface area contributed by atoms with Crippen molar-refractivity contribution in [3.05, 3.63) is 59.4 Å². The molecule has 0 atom stereocenters. The van der Waals surface area contributed by atoms with Gasteiger partial charge in [-0.05, 0) is 36.8 Å². The van der Waals surface area contributed by atoms with Gasteiger partial charge in [-0.25, -0.2) is 9.82 Å². The van der Waals surface area contributed by atoms with E-state index in [-0.39, 0.29) is 5.82 Å². The summed E-state index contributed by atoms with van der Waals surface area (Å²) in [6, 6.07) is 10.7. The molecule has 0 heterocycles. The van der Waals surface area contributed by atoms with Crippen LogP contribution in [0.25, 0.3) is 0 Å². The van der Waals surface area contributed by atoms with Crippen molar-refractivity contribution in [1.82, 2.24) is 5.43 Å². The van der Waals surface area contributed by atoms with Crippen LogP contribution in [0.15, 0.2) is 47.6 Å². The molecule has 0 bridgehead atoms. The summed E-state index contributed by atoms with van der Waals surface area (Å²) in [6.07, 6.45) is 0. The number of hydrogen-bond donors (Lipinski definition) is 1. The summed E-state index contributed by atoms with van der Waals surface area (Å²) in [5.41, 5.74) is 4.10. The fourth-order valence-corrected chi connectivity index (χ4v) is 1.89. The van der Waals surface area contributed by atoms with E-state index >= 15 is 0 Å². The van der Waals surface area contributed by atoms with Crippen LogP contribution in [0.1, 0.15) is 22.8 Å². The molecule has 1 amide bonds. The van der Waals surface area contributed by atoms with Gasteiger partial charge in [-0.3, -0.25) is 4.79 Å². The molecule has 0 aromatic heterocycles. The van der Waals surface area contributed by atoms with E-state index in [9.17, 15) is 9.18 Å². The van der Waals surface area contributed by atoms with E-state index in [0.717, 1.165) is 5.56 Å². The molecule has 2 aromatic rings. The van der Waals surface area contributed by atoms with Crippen LogP contribution in [0.4, 0.5) is 4.39 Å². The van der Waals surface area contributed by atoms with E-state index in [4.69, 9.17) is 9.47 Å². The zero-order valence-corrected chi connectivity index (χ0v) is 13.1. The first-order valence-electron chi connectivity index (χ1n) is 6.87. The Hall–Kier alpha value is -2.89. The summed E-state index contributed by atoms with van der Waals surface area (Å²) in [5, 5.41) is 4.02. The van der Waals surface area contributed by atoms with Crippen LogP contribution < -0.4 is 14.9 Å². The Morgan fingerprint density at radius 2 is 1.57 bits per heavy atom. The number of amides is 1. The van der Waals surface area contributed by atoms with Gasteiger partial charge in [0.1, 0.15) is 17.3 Å². The second kappa shape index (κ2) is 7.40. The molecule has 6 heteroatoms. The number of carbonyl (C=O) groups is 1. The van der Waals surface area contributed by atoms with Gasteiger partial charge in [-0.1, -0.05) is 12.1 Å². The van der Waals surface area contributed by atoms with Gasteiger partial charge in [-0.15, -0.1) is 0 Å².